The van der Waals surface area contributed by atoms with E-state index in [0.717, 1.165) is 16.8 Å². The van der Waals surface area contributed by atoms with Crippen molar-refractivity contribution in [1.29, 1.82) is 0 Å². The summed E-state index contributed by atoms with van der Waals surface area (Å²) in [5, 5.41) is 7.11. The summed E-state index contributed by atoms with van der Waals surface area (Å²) in [7, 11) is 0. The van der Waals surface area contributed by atoms with Crippen LogP contribution in [0.3, 0.4) is 0 Å². The van der Waals surface area contributed by atoms with E-state index < -0.39 is 0 Å². The van der Waals surface area contributed by atoms with E-state index in [1.807, 2.05) is 32.0 Å². The minimum atomic E-state index is -0.344. The van der Waals surface area contributed by atoms with Crippen LogP contribution in [0.15, 0.2) is 48.7 Å². The summed E-state index contributed by atoms with van der Waals surface area (Å²) < 4.78 is 0. The molecule has 0 unspecified atom stereocenters. The summed E-state index contributed by atoms with van der Waals surface area (Å²) in [4.78, 5) is 20.9. The molecule has 7 heteroatoms. The predicted octanol–water partition coefficient (Wildman–Crippen LogP) is 5.40. The number of carbonyl (C=O) groups is 1. The van der Waals surface area contributed by atoms with Crippen molar-refractivity contribution in [2.45, 2.75) is 13.8 Å². The average Bonchev–Trinajstić information content (AvgIpc) is 2.61. The van der Waals surface area contributed by atoms with E-state index in [-0.39, 0.29) is 11.6 Å². The van der Waals surface area contributed by atoms with Crippen LogP contribution < -0.4 is 10.6 Å². The highest BCUT2D eigenvalue weighted by atomic mass is 35.5. The Morgan fingerprint density at radius 3 is 2.54 bits per heavy atom. The molecule has 2 N–H and O–H groups in total. The van der Waals surface area contributed by atoms with E-state index >= 15 is 0 Å². The SMILES string of the molecule is Cc1ccc(NC(=O)c2ccnc(Nc3ccc(Cl)cc3C)n2)cc1Cl. The number of aryl methyl sites for hydroxylation is 2. The Bertz CT molecular complexity index is 976. The first kappa shape index (κ1) is 18.2. The first-order valence-electron chi connectivity index (χ1n) is 7.86. The van der Waals surface area contributed by atoms with Crippen molar-refractivity contribution in [2.24, 2.45) is 0 Å². The van der Waals surface area contributed by atoms with Crippen molar-refractivity contribution in [1.82, 2.24) is 9.97 Å². The Morgan fingerprint density at radius 2 is 1.81 bits per heavy atom. The highest BCUT2D eigenvalue weighted by Crippen LogP contribution is 2.23. The summed E-state index contributed by atoms with van der Waals surface area (Å²) in [6, 6.07) is 12.3. The van der Waals surface area contributed by atoms with Gasteiger partial charge in [0.15, 0.2) is 0 Å². The molecule has 3 rings (SSSR count). The van der Waals surface area contributed by atoms with Crippen LogP contribution in [0.5, 0.6) is 0 Å². The first-order valence-corrected chi connectivity index (χ1v) is 8.62. The van der Waals surface area contributed by atoms with E-state index in [1.54, 1.807) is 24.3 Å². The monoisotopic (exact) mass is 386 g/mol. The lowest BCUT2D eigenvalue weighted by molar-refractivity contribution is 0.102. The van der Waals surface area contributed by atoms with E-state index in [9.17, 15) is 4.79 Å². The van der Waals surface area contributed by atoms with Crippen LogP contribution >= 0.6 is 23.2 Å². The third-order valence-electron chi connectivity index (χ3n) is 3.75. The number of rotatable bonds is 4. The van der Waals surface area contributed by atoms with E-state index in [4.69, 9.17) is 23.2 Å². The van der Waals surface area contributed by atoms with Gasteiger partial charge in [-0.05, 0) is 61.4 Å². The summed E-state index contributed by atoms with van der Waals surface area (Å²) in [5.74, 6) is -0.0202. The van der Waals surface area contributed by atoms with Crippen molar-refractivity contribution in [3.63, 3.8) is 0 Å². The van der Waals surface area contributed by atoms with Gasteiger partial charge in [-0.25, -0.2) is 9.97 Å². The smallest absolute Gasteiger partial charge is 0.274 e. The molecule has 5 nitrogen and oxygen atoms in total. The van der Waals surface area contributed by atoms with Crippen LogP contribution in [-0.2, 0) is 0 Å². The fourth-order valence-electron chi connectivity index (χ4n) is 2.30. The summed E-state index contributed by atoms with van der Waals surface area (Å²) in [5.41, 5.74) is 3.55. The largest absolute Gasteiger partial charge is 0.324 e. The maximum atomic E-state index is 12.4. The Labute approximate surface area is 161 Å². The van der Waals surface area contributed by atoms with Gasteiger partial charge in [0.05, 0.1) is 0 Å². The minimum absolute atomic E-state index is 0.241. The molecule has 1 amide bonds. The Hall–Kier alpha value is -2.63. The first-order chi connectivity index (χ1) is 12.4. The van der Waals surface area contributed by atoms with Gasteiger partial charge in [0, 0.05) is 27.6 Å². The van der Waals surface area contributed by atoms with E-state index in [0.29, 0.717) is 21.7 Å². The average molecular weight is 387 g/mol. The molecule has 0 saturated heterocycles. The summed E-state index contributed by atoms with van der Waals surface area (Å²) >= 11 is 12.1. The fourth-order valence-corrected chi connectivity index (χ4v) is 2.71. The molecule has 26 heavy (non-hydrogen) atoms. The Morgan fingerprint density at radius 1 is 1.00 bits per heavy atom. The zero-order valence-corrected chi connectivity index (χ0v) is 15.7. The van der Waals surface area contributed by atoms with Crippen molar-refractivity contribution >= 4 is 46.4 Å². The maximum absolute atomic E-state index is 12.4. The highest BCUT2D eigenvalue weighted by Gasteiger charge is 2.11. The summed E-state index contributed by atoms with van der Waals surface area (Å²) in [6.45, 7) is 3.82. The zero-order valence-electron chi connectivity index (χ0n) is 14.2. The van der Waals surface area contributed by atoms with E-state index in [2.05, 4.69) is 20.6 Å². The Balaban J connectivity index is 1.77. The standard InChI is InChI=1S/C19H16Cl2N4O/c1-11-3-5-14(10-15(11)21)23-18(26)17-7-8-22-19(25-17)24-16-6-4-13(20)9-12(16)2/h3-10H,1-2H3,(H,23,26)(H,22,24,25). The molecule has 0 saturated carbocycles. The third-order valence-corrected chi connectivity index (χ3v) is 4.40. The van der Waals surface area contributed by atoms with Gasteiger partial charge < -0.3 is 10.6 Å². The maximum Gasteiger partial charge on any atom is 0.274 e. The van der Waals surface area contributed by atoms with Crippen LogP contribution in [0, 0.1) is 13.8 Å². The molecule has 0 fully saturated rings. The second-order valence-electron chi connectivity index (χ2n) is 5.77. The van der Waals surface area contributed by atoms with Crippen molar-refractivity contribution < 1.29 is 4.79 Å². The van der Waals surface area contributed by atoms with Gasteiger partial charge in [0.25, 0.3) is 5.91 Å². The molecule has 0 aliphatic rings. The molecule has 0 aliphatic carbocycles. The van der Waals surface area contributed by atoms with Gasteiger partial charge in [-0.15, -0.1) is 0 Å². The molecule has 0 radical (unpaired) electrons. The molecule has 1 aromatic heterocycles. The highest BCUT2D eigenvalue weighted by molar-refractivity contribution is 6.31. The zero-order chi connectivity index (χ0) is 18.7. The second kappa shape index (κ2) is 7.72. The van der Waals surface area contributed by atoms with Gasteiger partial charge in [-0.3, -0.25) is 4.79 Å². The van der Waals surface area contributed by atoms with Gasteiger partial charge >= 0.3 is 0 Å². The van der Waals surface area contributed by atoms with Crippen molar-refractivity contribution in [3.05, 3.63) is 75.5 Å². The molecule has 0 bridgehead atoms. The molecule has 2 aromatic carbocycles. The Kier molecular flexibility index (Phi) is 5.40. The molecule has 0 aliphatic heterocycles. The number of amides is 1. The van der Waals surface area contributed by atoms with Crippen LogP contribution in [0.1, 0.15) is 21.6 Å². The van der Waals surface area contributed by atoms with Gasteiger partial charge in [0.2, 0.25) is 5.95 Å². The number of hydrogen-bond donors (Lipinski definition) is 2. The van der Waals surface area contributed by atoms with E-state index in [1.165, 1.54) is 6.20 Å². The molecule has 132 valence electrons. The number of hydrogen-bond acceptors (Lipinski definition) is 4. The third kappa shape index (κ3) is 4.31. The second-order valence-corrected chi connectivity index (χ2v) is 6.61. The molecule has 3 aromatic rings. The number of nitrogens with one attached hydrogen (secondary N) is 2. The summed E-state index contributed by atoms with van der Waals surface area (Å²) in [6.07, 6.45) is 1.53. The number of carbonyl (C=O) groups excluding carboxylic acids is 1. The van der Waals surface area contributed by atoms with Gasteiger partial charge in [-0.1, -0.05) is 29.3 Å². The quantitative estimate of drug-likeness (QED) is 0.629. The lowest BCUT2D eigenvalue weighted by Gasteiger charge is -2.10. The van der Waals surface area contributed by atoms with Crippen molar-refractivity contribution in [3.8, 4) is 0 Å². The van der Waals surface area contributed by atoms with Gasteiger partial charge in [-0.2, -0.15) is 0 Å². The molecule has 0 spiro atoms. The molecular formula is C19H16Cl2N4O. The number of benzene rings is 2. The molecular weight excluding hydrogens is 371 g/mol. The number of anilines is 3. The number of aromatic nitrogens is 2. The topological polar surface area (TPSA) is 66.9 Å². The fraction of sp³-hybridized carbons (Fsp3) is 0.105. The molecule has 0 atom stereocenters. The van der Waals surface area contributed by atoms with Gasteiger partial charge in [0.1, 0.15) is 5.69 Å². The van der Waals surface area contributed by atoms with Crippen LogP contribution in [0.4, 0.5) is 17.3 Å². The minimum Gasteiger partial charge on any atom is -0.324 e. The van der Waals surface area contributed by atoms with Crippen LogP contribution in [-0.4, -0.2) is 15.9 Å². The number of halogens is 2. The number of nitrogens with zero attached hydrogens (tertiary/aromatic N) is 2. The lowest BCUT2D eigenvalue weighted by atomic mass is 10.2. The van der Waals surface area contributed by atoms with Crippen molar-refractivity contribution in [2.75, 3.05) is 10.6 Å². The van der Waals surface area contributed by atoms with Crippen LogP contribution in [0.2, 0.25) is 10.0 Å². The van der Waals surface area contributed by atoms with Crippen LogP contribution in [0.25, 0.3) is 0 Å². The molecule has 1 heterocycles. The predicted molar refractivity (Wildman–Crippen MR) is 106 cm³/mol. The normalized spacial score (nSPS) is 10.5. The lowest BCUT2D eigenvalue weighted by Crippen LogP contribution is -2.15.